The molecule has 2 N–H and O–H groups in total. The molecular formula is C11H11N3O. The van der Waals surface area contributed by atoms with Gasteiger partial charge < -0.3 is 10.3 Å². The number of rotatable bonds is 2. The van der Waals surface area contributed by atoms with Gasteiger partial charge in [-0.25, -0.2) is 4.98 Å². The molecule has 4 nitrogen and oxygen atoms in total. The van der Waals surface area contributed by atoms with Crippen molar-refractivity contribution in [3.8, 4) is 0 Å². The lowest BCUT2D eigenvalue weighted by Crippen LogP contribution is -2.10. The van der Waals surface area contributed by atoms with E-state index in [1.54, 1.807) is 6.20 Å². The van der Waals surface area contributed by atoms with Gasteiger partial charge in [0, 0.05) is 23.8 Å². The number of nitrogens with zero attached hydrogens (tertiary/aromatic N) is 2. The monoisotopic (exact) mass is 201 g/mol. The summed E-state index contributed by atoms with van der Waals surface area (Å²) in [5.74, 6) is -0.382. The fourth-order valence-electron chi connectivity index (χ4n) is 1.91. The first-order valence-electron chi connectivity index (χ1n) is 5.03. The second-order valence-electron chi connectivity index (χ2n) is 3.92. The summed E-state index contributed by atoms with van der Waals surface area (Å²) in [5.41, 5.74) is 6.78. The maximum atomic E-state index is 11.3. The van der Waals surface area contributed by atoms with Crippen molar-refractivity contribution in [3.63, 3.8) is 0 Å². The van der Waals surface area contributed by atoms with Gasteiger partial charge in [0.1, 0.15) is 5.65 Å². The Bertz CT molecular complexity index is 540. The zero-order chi connectivity index (χ0) is 10.4. The minimum Gasteiger partial charge on any atom is -0.366 e. The summed E-state index contributed by atoms with van der Waals surface area (Å²) in [4.78, 5) is 15.6. The van der Waals surface area contributed by atoms with Crippen molar-refractivity contribution in [2.45, 2.75) is 18.9 Å². The van der Waals surface area contributed by atoms with Crippen LogP contribution < -0.4 is 5.73 Å². The van der Waals surface area contributed by atoms with Gasteiger partial charge in [-0.15, -0.1) is 0 Å². The number of hydrogen-bond donors (Lipinski definition) is 1. The molecule has 0 unspecified atom stereocenters. The van der Waals surface area contributed by atoms with Gasteiger partial charge in [-0.05, 0) is 25.0 Å². The molecule has 0 radical (unpaired) electrons. The van der Waals surface area contributed by atoms with Crippen LogP contribution in [0.25, 0.3) is 11.0 Å². The second kappa shape index (κ2) is 2.82. The van der Waals surface area contributed by atoms with Crippen LogP contribution in [-0.2, 0) is 0 Å². The maximum absolute atomic E-state index is 11.3. The summed E-state index contributed by atoms with van der Waals surface area (Å²) in [6, 6.07) is 4.23. The van der Waals surface area contributed by atoms with E-state index in [0.29, 0.717) is 11.6 Å². The Hall–Kier alpha value is -1.84. The van der Waals surface area contributed by atoms with Crippen molar-refractivity contribution >= 4 is 16.9 Å². The minimum absolute atomic E-state index is 0.382. The van der Waals surface area contributed by atoms with Crippen LogP contribution in [0.5, 0.6) is 0 Å². The molecule has 4 heteroatoms. The molecular weight excluding hydrogens is 190 g/mol. The average molecular weight is 201 g/mol. The summed E-state index contributed by atoms with van der Waals surface area (Å²) >= 11 is 0. The van der Waals surface area contributed by atoms with Gasteiger partial charge in [-0.2, -0.15) is 0 Å². The Morgan fingerprint density at radius 2 is 2.33 bits per heavy atom. The summed E-state index contributed by atoms with van der Waals surface area (Å²) in [7, 11) is 0. The van der Waals surface area contributed by atoms with Crippen LogP contribution in [0.1, 0.15) is 29.2 Å². The Balaban J connectivity index is 2.32. The molecule has 1 aliphatic carbocycles. The number of aromatic nitrogens is 2. The van der Waals surface area contributed by atoms with Crippen LogP contribution in [0.15, 0.2) is 24.5 Å². The van der Waals surface area contributed by atoms with Crippen molar-refractivity contribution in [1.82, 2.24) is 9.55 Å². The number of pyridine rings is 1. The van der Waals surface area contributed by atoms with Gasteiger partial charge in [-0.1, -0.05) is 0 Å². The third kappa shape index (κ3) is 1.21. The highest BCUT2D eigenvalue weighted by atomic mass is 16.1. The number of primary amides is 1. The largest absolute Gasteiger partial charge is 0.366 e. The van der Waals surface area contributed by atoms with Crippen molar-refractivity contribution in [3.05, 3.63) is 30.1 Å². The van der Waals surface area contributed by atoms with E-state index in [1.165, 1.54) is 12.8 Å². The SMILES string of the molecule is NC(=O)c1cn(C2CC2)c2ncccc12. The van der Waals surface area contributed by atoms with Gasteiger partial charge in [0.25, 0.3) is 5.91 Å². The second-order valence-corrected chi connectivity index (χ2v) is 3.92. The fourth-order valence-corrected chi connectivity index (χ4v) is 1.91. The zero-order valence-corrected chi connectivity index (χ0v) is 8.18. The lowest BCUT2D eigenvalue weighted by molar-refractivity contribution is 0.100. The molecule has 0 aromatic carbocycles. The molecule has 2 aromatic heterocycles. The normalized spacial score (nSPS) is 15.7. The number of nitrogens with two attached hydrogens (primary N) is 1. The van der Waals surface area contributed by atoms with Crippen LogP contribution in [-0.4, -0.2) is 15.5 Å². The average Bonchev–Trinajstić information content (AvgIpc) is 2.99. The molecule has 2 aromatic rings. The quantitative estimate of drug-likeness (QED) is 0.799. The van der Waals surface area contributed by atoms with E-state index in [0.717, 1.165) is 11.0 Å². The van der Waals surface area contributed by atoms with Crippen molar-refractivity contribution < 1.29 is 4.79 Å². The van der Waals surface area contributed by atoms with Gasteiger partial charge in [0.05, 0.1) is 5.56 Å². The van der Waals surface area contributed by atoms with Gasteiger partial charge in [0.2, 0.25) is 0 Å². The van der Waals surface area contributed by atoms with Gasteiger partial charge in [0.15, 0.2) is 0 Å². The minimum atomic E-state index is -0.382. The molecule has 0 saturated heterocycles. The molecule has 1 saturated carbocycles. The van der Waals surface area contributed by atoms with Gasteiger partial charge >= 0.3 is 0 Å². The molecule has 15 heavy (non-hydrogen) atoms. The van der Waals surface area contributed by atoms with E-state index >= 15 is 0 Å². The highest BCUT2D eigenvalue weighted by Gasteiger charge is 2.27. The molecule has 0 spiro atoms. The van der Waals surface area contributed by atoms with E-state index in [1.807, 2.05) is 18.3 Å². The van der Waals surface area contributed by atoms with E-state index in [2.05, 4.69) is 9.55 Å². The Morgan fingerprint density at radius 3 is 3.00 bits per heavy atom. The topological polar surface area (TPSA) is 60.9 Å². The number of carbonyl (C=O) groups is 1. The third-order valence-corrected chi connectivity index (χ3v) is 2.80. The molecule has 0 bridgehead atoms. The van der Waals surface area contributed by atoms with Crippen LogP contribution in [0, 0.1) is 0 Å². The van der Waals surface area contributed by atoms with Gasteiger partial charge in [-0.3, -0.25) is 4.79 Å². The van der Waals surface area contributed by atoms with Crippen LogP contribution in [0.3, 0.4) is 0 Å². The lowest BCUT2D eigenvalue weighted by atomic mass is 10.2. The lowest BCUT2D eigenvalue weighted by Gasteiger charge is -1.99. The van der Waals surface area contributed by atoms with E-state index < -0.39 is 0 Å². The van der Waals surface area contributed by atoms with Crippen molar-refractivity contribution in [1.29, 1.82) is 0 Å². The fraction of sp³-hybridized carbons (Fsp3) is 0.273. The first kappa shape index (κ1) is 8.47. The predicted molar refractivity (Wildman–Crippen MR) is 56.5 cm³/mol. The van der Waals surface area contributed by atoms with E-state index in [4.69, 9.17) is 5.73 Å². The standard InChI is InChI=1S/C11H11N3O/c12-10(15)9-6-14(7-3-4-7)11-8(9)2-1-5-13-11/h1-2,5-7H,3-4H2,(H2,12,15). The highest BCUT2D eigenvalue weighted by Crippen LogP contribution is 2.38. The smallest absolute Gasteiger partial charge is 0.250 e. The van der Waals surface area contributed by atoms with Crippen molar-refractivity contribution in [2.75, 3.05) is 0 Å². The first-order valence-corrected chi connectivity index (χ1v) is 5.03. The van der Waals surface area contributed by atoms with E-state index in [-0.39, 0.29) is 5.91 Å². The van der Waals surface area contributed by atoms with Crippen LogP contribution >= 0.6 is 0 Å². The number of fused-ring (bicyclic) bond motifs is 1. The number of amides is 1. The molecule has 1 aliphatic rings. The molecule has 2 heterocycles. The highest BCUT2D eigenvalue weighted by molar-refractivity contribution is 6.05. The maximum Gasteiger partial charge on any atom is 0.250 e. The first-order chi connectivity index (χ1) is 7.27. The predicted octanol–water partition coefficient (Wildman–Crippen LogP) is 1.47. The van der Waals surface area contributed by atoms with Crippen molar-refractivity contribution in [2.24, 2.45) is 5.73 Å². The molecule has 1 fully saturated rings. The Kier molecular flexibility index (Phi) is 1.59. The third-order valence-electron chi connectivity index (χ3n) is 2.80. The van der Waals surface area contributed by atoms with Crippen LogP contribution in [0.4, 0.5) is 0 Å². The number of carbonyl (C=O) groups excluding carboxylic acids is 1. The summed E-state index contributed by atoms with van der Waals surface area (Å²) in [6.45, 7) is 0. The summed E-state index contributed by atoms with van der Waals surface area (Å²) in [5, 5.41) is 0.858. The molecule has 0 atom stereocenters. The molecule has 0 aliphatic heterocycles. The number of hydrogen-bond acceptors (Lipinski definition) is 2. The van der Waals surface area contributed by atoms with E-state index in [9.17, 15) is 4.79 Å². The van der Waals surface area contributed by atoms with Crippen LogP contribution in [0.2, 0.25) is 0 Å². The zero-order valence-electron chi connectivity index (χ0n) is 8.18. The summed E-state index contributed by atoms with van der Waals surface area (Å²) in [6.07, 6.45) is 5.90. The molecule has 3 rings (SSSR count). The molecule has 1 amide bonds. The Labute approximate surface area is 86.7 Å². The Morgan fingerprint density at radius 1 is 1.53 bits per heavy atom. The molecule has 76 valence electrons. The summed E-state index contributed by atoms with van der Waals surface area (Å²) < 4.78 is 2.06.